The molecule has 0 spiro atoms. The Bertz CT molecular complexity index is 1150. The van der Waals surface area contributed by atoms with Crippen molar-refractivity contribution in [1.82, 2.24) is 9.88 Å². The zero-order chi connectivity index (χ0) is 21.4. The number of nitrogens with zero attached hydrogens (tertiary/aromatic N) is 2. The van der Waals surface area contributed by atoms with Gasteiger partial charge in [0.05, 0.1) is 19.8 Å². The van der Waals surface area contributed by atoms with Crippen molar-refractivity contribution in [3.05, 3.63) is 83.6 Å². The van der Waals surface area contributed by atoms with Gasteiger partial charge in [-0.3, -0.25) is 15.0 Å². The third kappa shape index (κ3) is 3.27. The number of ether oxygens (including phenoxy) is 2. The maximum absolute atomic E-state index is 13.3. The number of methoxy groups -OCH3 is 1. The largest absolute Gasteiger partial charge is 0.496 e. The van der Waals surface area contributed by atoms with Crippen LogP contribution in [0.1, 0.15) is 33.8 Å². The Hall–Kier alpha value is -3.91. The molecule has 0 radical (unpaired) electrons. The summed E-state index contributed by atoms with van der Waals surface area (Å²) in [7, 11) is 1.59. The molecule has 8 nitrogen and oxygen atoms in total. The van der Waals surface area contributed by atoms with Gasteiger partial charge in [-0.1, -0.05) is 30.3 Å². The van der Waals surface area contributed by atoms with E-state index in [2.05, 4.69) is 15.6 Å². The van der Waals surface area contributed by atoms with E-state index in [9.17, 15) is 9.59 Å². The number of pyridine rings is 1. The van der Waals surface area contributed by atoms with Gasteiger partial charge >= 0.3 is 6.03 Å². The van der Waals surface area contributed by atoms with E-state index in [0.717, 1.165) is 11.1 Å². The van der Waals surface area contributed by atoms with Crippen molar-refractivity contribution in [2.75, 3.05) is 24.4 Å². The molecule has 156 valence electrons. The first-order chi connectivity index (χ1) is 15.2. The summed E-state index contributed by atoms with van der Waals surface area (Å²) in [4.78, 5) is 31.6. The third-order valence-corrected chi connectivity index (χ3v) is 5.46. The fourth-order valence-electron chi connectivity index (χ4n) is 4.15. The predicted octanol–water partition coefficient (Wildman–Crippen LogP) is 3.96. The SMILES string of the molecule is COc1ccccc1C1OCC2c3c(NC(=O)Nc4ccccn4)cccc3C(=O)N21. The molecule has 3 aromatic rings. The number of aromatic nitrogens is 1. The zero-order valence-electron chi connectivity index (χ0n) is 16.7. The topological polar surface area (TPSA) is 92.8 Å². The minimum atomic E-state index is -0.559. The second-order valence-electron chi connectivity index (χ2n) is 7.22. The summed E-state index contributed by atoms with van der Waals surface area (Å²) >= 11 is 0. The van der Waals surface area contributed by atoms with Crippen LogP contribution in [-0.4, -0.2) is 35.5 Å². The number of anilines is 2. The Kier molecular flexibility index (Phi) is 4.76. The molecule has 2 aliphatic rings. The normalized spacial score (nSPS) is 19.0. The highest BCUT2D eigenvalue weighted by Gasteiger charge is 2.48. The number of rotatable bonds is 4. The van der Waals surface area contributed by atoms with Crippen LogP contribution < -0.4 is 15.4 Å². The Morgan fingerprint density at radius 2 is 1.94 bits per heavy atom. The van der Waals surface area contributed by atoms with E-state index in [4.69, 9.17) is 9.47 Å². The molecule has 1 aromatic heterocycles. The Labute approximate surface area is 178 Å². The first-order valence-corrected chi connectivity index (χ1v) is 9.86. The molecule has 0 aliphatic carbocycles. The van der Waals surface area contributed by atoms with Crippen LogP contribution in [-0.2, 0) is 4.74 Å². The van der Waals surface area contributed by atoms with Gasteiger partial charge in [0.15, 0.2) is 6.23 Å². The van der Waals surface area contributed by atoms with Crippen LogP contribution in [0.3, 0.4) is 0 Å². The molecule has 2 N–H and O–H groups in total. The smallest absolute Gasteiger partial charge is 0.324 e. The third-order valence-electron chi connectivity index (χ3n) is 5.46. The number of urea groups is 1. The molecule has 3 amide bonds. The van der Waals surface area contributed by atoms with Crippen molar-refractivity contribution < 1.29 is 19.1 Å². The van der Waals surface area contributed by atoms with Gasteiger partial charge in [-0.15, -0.1) is 0 Å². The van der Waals surface area contributed by atoms with Crippen molar-refractivity contribution in [2.24, 2.45) is 0 Å². The van der Waals surface area contributed by atoms with Gasteiger partial charge in [-0.25, -0.2) is 9.78 Å². The number of benzene rings is 2. The number of hydrogen-bond donors (Lipinski definition) is 2. The monoisotopic (exact) mass is 416 g/mol. The molecule has 2 aliphatic heterocycles. The molecule has 1 saturated heterocycles. The first kappa shape index (κ1) is 19.1. The van der Waals surface area contributed by atoms with Crippen molar-refractivity contribution in [3.8, 4) is 5.75 Å². The first-order valence-electron chi connectivity index (χ1n) is 9.86. The van der Waals surface area contributed by atoms with Gasteiger partial charge in [0.1, 0.15) is 11.6 Å². The maximum atomic E-state index is 13.3. The Balaban J connectivity index is 1.44. The highest BCUT2D eigenvalue weighted by molar-refractivity contribution is 6.05. The molecule has 0 saturated carbocycles. The molecule has 31 heavy (non-hydrogen) atoms. The van der Waals surface area contributed by atoms with E-state index in [-0.39, 0.29) is 11.9 Å². The maximum Gasteiger partial charge on any atom is 0.324 e. The van der Waals surface area contributed by atoms with Crippen LogP contribution in [0.25, 0.3) is 0 Å². The van der Waals surface area contributed by atoms with Crippen LogP contribution in [0.2, 0.25) is 0 Å². The molecular formula is C23H20N4O4. The van der Waals surface area contributed by atoms with E-state index in [1.807, 2.05) is 24.3 Å². The second-order valence-corrected chi connectivity index (χ2v) is 7.22. The highest BCUT2D eigenvalue weighted by Crippen LogP contribution is 2.49. The molecule has 2 unspecified atom stereocenters. The Morgan fingerprint density at radius 3 is 2.74 bits per heavy atom. The molecule has 2 aromatic carbocycles. The minimum Gasteiger partial charge on any atom is -0.496 e. The van der Waals surface area contributed by atoms with E-state index in [0.29, 0.717) is 29.4 Å². The molecule has 5 rings (SSSR count). The number of carbonyl (C=O) groups excluding carboxylic acids is 2. The molecular weight excluding hydrogens is 396 g/mol. The van der Waals surface area contributed by atoms with Crippen LogP contribution in [0, 0.1) is 0 Å². The molecule has 2 atom stereocenters. The second kappa shape index (κ2) is 7.73. The average molecular weight is 416 g/mol. The standard InChI is InChI=1S/C23H20N4O4/c1-30-18-10-3-2-7-14(18)22-27-17(13-31-22)20-15(21(27)28)8-6-9-16(20)25-23(29)26-19-11-4-5-12-24-19/h2-12,17,22H,13H2,1H3,(H2,24,25,26,29). The van der Waals surface area contributed by atoms with E-state index < -0.39 is 12.3 Å². The fraction of sp³-hybridized carbons (Fsp3) is 0.174. The number of nitrogens with one attached hydrogen (secondary N) is 2. The lowest BCUT2D eigenvalue weighted by molar-refractivity contribution is 0.0256. The van der Waals surface area contributed by atoms with Crippen molar-refractivity contribution in [2.45, 2.75) is 12.3 Å². The minimum absolute atomic E-state index is 0.137. The zero-order valence-corrected chi connectivity index (χ0v) is 16.7. The summed E-state index contributed by atoms with van der Waals surface area (Å²) in [5, 5.41) is 5.55. The van der Waals surface area contributed by atoms with Gasteiger partial charge in [-0.05, 0) is 30.3 Å². The lowest BCUT2D eigenvalue weighted by Crippen LogP contribution is -2.27. The number of hydrogen-bond acceptors (Lipinski definition) is 5. The number of para-hydroxylation sites is 1. The van der Waals surface area contributed by atoms with Crippen molar-refractivity contribution in [3.63, 3.8) is 0 Å². The van der Waals surface area contributed by atoms with Crippen molar-refractivity contribution >= 4 is 23.4 Å². The predicted molar refractivity (Wildman–Crippen MR) is 114 cm³/mol. The van der Waals surface area contributed by atoms with Gasteiger partial charge in [0.25, 0.3) is 5.91 Å². The summed E-state index contributed by atoms with van der Waals surface area (Å²) in [5.74, 6) is 0.956. The molecule has 3 heterocycles. The van der Waals surface area contributed by atoms with E-state index in [1.54, 1.807) is 54.6 Å². The van der Waals surface area contributed by atoms with Gasteiger partial charge in [0, 0.05) is 28.6 Å². The van der Waals surface area contributed by atoms with Crippen LogP contribution in [0.4, 0.5) is 16.3 Å². The lowest BCUT2D eigenvalue weighted by Gasteiger charge is -2.24. The van der Waals surface area contributed by atoms with Gasteiger partial charge < -0.3 is 14.8 Å². The van der Waals surface area contributed by atoms with Crippen LogP contribution >= 0.6 is 0 Å². The summed E-state index contributed by atoms with van der Waals surface area (Å²) in [6.07, 6.45) is 1.04. The summed E-state index contributed by atoms with van der Waals surface area (Å²) < 4.78 is 11.5. The fourth-order valence-corrected chi connectivity index (χ4v) is 4.15. The quantitative estimate of drug-likeness (QED) is 0.672. The van der Waals surface area contributed by atoms with Crippen LogP contribution in [0.15, 0.2) is 66.9 Å². The number of fused-ring (bicyclic) bond motifs is 3. The van der Waals surface area contributed by atoms with Gasteiger partial charge in [0.2, 0.25) is 0 Å². The molecule has 0 bridgehead atoms. The number of amides is 3. The van der Waals surface area contributed by atoms with Crippen molar-refractivity contribution in [1.29, 1.82) is 0 Å². The summed E-state index contributed by atoms with van der Waals surface area (Å²) in [6.45, 7) is 0.321. The average Bonchev–Trinajstić information content (AvgIpc) is 3.34. The van der Waals surface area contributed by atoms with E-state index in [1.165, 1.54) is 0 Å². The lowest BCUT2D eigenvalue weighted by atomic mass is 10.0. The van der Waals surface area contributed by atoms with Crippen LogP contribution in [0.5, 0.6) is 5.75 Å². The van der Waals surface area contributed by atoms with E-state index >= 15 is 0 Å². The molecule has 1 fully saturated rings. The Morgan fingerprint density at radius 1 is 1.10 bits per heavy atom. The summed E-state index contributed by atoms with van der Waals surface area (Å²) in [6, 6.07) is 17.3. The summed E-state index contributed by atoms with van der Waals surface area (Å²) in [5.41, 5.74) is 2.66. The molecule has 8 heteroatoms. The van der Waals surface area contributed by atoms with Gasteiger partial charge in [-0.2, -0.15) is 0 Å². The number of carbonyl (C=O) groups is 2. The highest BCUT2D eigenvalue weighted by atomic mass is 16.5.